The number of nitriles is 1. The Hall–Kier alpha value is -2.48. The molecule has 0 atom stereocenters. The second kappa shape index (κ2) is 5.44. The first-order valence-corrected chi connectivity index (χ1v) is 5.62. The number of aryl methyl sites for hydroxylation is 1. The van der Waals surface area contributed by atoms with E-state index in [4.69, 9.17) is 5.26 Å². The van der Waals surface area contributed by atoms with Crippen molar-refractivity contribution in [1.29, 1.82) is 5.26 Å². The van der Waals surface area contributed by atoms with Crippen LogP contribution in [0.4, 0.5) is 20.2 Å². The number of halogens is 2. The van der Waals surface area contributed by atoms with E-state index in [1.165, 1.54) is 18.2 Å². The van der Waals surface area contributed by atoms with Gasteiger partial charge in [-0.05, 0) is 31.2 Å². The fourth-order valence-electron chi connectivity index (χ4n) is 1.66. The van der Waals surface area contributed by atoms with Crippen molar-refractivity contribution in [1.82, 2.24) is 4.98 Å². The Kier molecular flexibility index (Phi) is 3.71. The van der Waals surface area contributed by atoms with Gasteiger partial charge in [0, 0.05) is 11.8 Å². The van der Waals surface area contributed by atoms with E-state index >= 15 is 0 Å². The standard InChI is InChI=1S/C14H11F2N3/c1-9-12(3-2-6-18-9)19-13-7-10(14(15)16)4-5-11(13)8-17/h2-7,14,19H,1H3. The summed E-state index contributed by atoms with van der Waals surface area (Å²) in [5.74, 6) is 0. The van der Waals surface area contributed by atoms with Gasteiger partial charge in [-0.2, -0.15) is 5.26 Å². The van der Waals surface area contributed by atoms with Gasteiger partial charge in [-0.15, -0.1) is 0 Å². The van der Waals surface area contributed by atoms with Crippen LogP contribution in [0.25, 0.3) is 0 Å². The van der Waals surface area contributed by atoms with Crippen LogP contribution < -0.4 is 5.32 Å². The van der Waals surface area contributed by atoms with Gasteiger partial charge >= 0.3 is 0 Å². The zero-order chi connectivity index (χ0) is 13.8. The molecule has 1 aromatic carbocycles. The highest BCUT2D eigenvalue weighted by molar-refractivity contribution is 5.68. The maximum Gasteiger partial charge on any atom is 0.263 e. The van der Waals surface area contributed by atoms with Crippen LogP contribution in [0.5, 0.6) is 0 Å². The highest BCUT2D eigenvalue weighted by Gasteiger charge is 2.11. The van der Waals surface area contributed by atoms with Crippen LogP contribution in [0.3, 0.4) is 0 Å². The summed E-state index contributed by atoms with van der Waals surface area (Å²) in [6, 6.07) is 9.41. The van der Waals surface area contributed by atoms with Crippen LogP contribution >= 0.6 is 0 Å². The molecule has 2 rings (SSSR count). The lowest BCUT2D eigenvalue weighted by molar-refractivity contribution is 0.151. The summed E-state index contributed by atoms with van der Waals surface area (Å²) >= 11 is 0. The Bertz CT molecular complexity index is 633. The lowest BCUT2D eigenvalue weighted by atomic mass is 10.1. The van der Waals surface area contributed by atoms with Crippen molar-refractivity contribution in [3.05, 3.63) is 53.3 Å². The third kappa shape index (κ3) is 2.86. The first-order valence-electron chi connectivity index (χ1n) is 5.62. The Morgan fingerprint density at radius 3 is 2.68 bits per heavy atom. The summed E-state index contributed by atoms with van der Waals surface area (Å²) in [6.45, 7) is 1.80. The van der Waals surface area contributed by atoms with Gasteiger partial charge in [-0.25, -0.2) is 8.78 Å². The topological polar surface area (TPSA) is 48.7 Å². The number of rotatable bonds is 3. The number of anilines is 2. The van der Waals surface area contributed by atoms with E-state index in [2.05, 4.69) is 10.3 Å². The number of benzene rings is 1. The highest BCUT2D eigenvalue weighted by atomic mass is 19.3. The van der Waals surface area contributed by atoms with Crippen molar-refractivity contribution in [3.63, 3.8) is 0 Å². The maximum absolute atomic E-state index is 12.7. The molecule has 0 radical (unpaired) electrons. The predicted molar refractivity (Wildman–Crippen MR) is 68.4 cm³/mol. The van der Waals surface area contributed by atoms with Crippen molar-refractivity contribution >= 4 is 11.4 Å². The van der Waals surface area contributed by atoms with Gasteiger partial charge in [0.2, 0.25) is 0 Å². The minimum Gasteiger partial charge on any atom is -0.353 e. The second-order valence-corrected chi connectivity index (χ2v) is 3.98. The van der Waals surface area contributed by atoms with Crippen molar-refractivity contribution in [2.24, 2.45) is 0 Å². The molecule has 0 bridgehead atoms. The smallest absolute Gasteiger partial charge is 0.263 e. The van der Waals surface area contributed by atoms with Crippen LogP contribution in [0.2, 0.25) is 0 Å². The number of hydrogen-bond acceptors (Lipinski definition) is 3. The number of hydrogen-bond donors (Lipinski definition) is 1. The Labute approximate surface area is 109 Å². The van der Waals surface area contributed by atoms with Crippen LogP contribution in [0.15, 0.2) is 36.5 Å². The Balaban J connectivity index is 2.41. The summed E-state index contributed by atoms with van der Waals surface area (Å²) in [6.07, 6.45) is -0.926. The lowest BCUT2D eigenvalue weighted by Gasteiger charge is -2.11. The number of alkyl halides is 2. The summed E-state index contributed by atoms with van der Waals surface area (Å²) < 4.78 is 25.4. The molecule has 5 heteroatoms. The number of nitrogens with zero attached hydrogens (tertiary/aromatic N) is 2. The molecule has 0 spiro atoms. The molecule has 0 unspecified atom stereocenters. The van der Waals surface area contributed by atoms with E-state index < -0.39 is 6.43 Å². The van der Waals surface area contributed by atoms with Crippen molar-refractivity contribution < 1.29 is 8.78 Å². The molecule has 0 aliphatic carbocycles. The third-order valence-corrected chi connectivity index (χ3v) is 2.69. The summed E-state index contributed by atoms with van der Waals surface area (Å²) in [5, 5.41) is 12.0. The van der Waals surface area contributed by atoms with Crippen molar-refractivity contribution in [2.45, 2.75) is 13.3 Å². The Morgan fingerprint density at radius 1 is 1.26 bits per heavy atom. The largest absolute Gasteiger partial charge is 0.353 e. The van der Waals surface area contributed by atoms with Gasteiger partial charge in [-0.1, -0.05) is 6.07 Å². The van der Waals surface area contributed by atoms with Gasteiger partial charge in [-0.3, -0.25) is 4.98 Å². The maximum atomic E-state index is 12.7. The van der Waals surface area contributed by atoms with E-state index in [-0.39, 0.29) is 5.56 Å². The summed E-state index contributed by atoms with van der Waals surface area (Å²) in [4.78, 5) is 4.09. The average molecular weight is 259 g/mol. The molecule has 0 fully saturated rings. The monoisotopic (exact) mass is 259 g/mol. The zero-order valence-electron chi connectivity index (χ0n) is 10.2. The molecular weight excluding hydrogens is 248 g/mol. The van der Waals surface area contributed by atoms with E-state index in [1.54, 1.807) is 25.3 Å². The summed E-state index contributed by atoms with van der Waals surface area (Å²) in [7, 11) is 0. The molecule has 96 valence electrons. The fourth-order valence-corrected chi connectivity index (χ4v) is 1.66. The molecule has 0 saturated heterocycles. The van der Waals surface area contributed by atoms with E-state index in [1.807, 2.05) is 6.07 Å². The zero-order valence-corrected chi connectivity index (χ0v) is 10.2. The van der Waals surface area contributed by atoms with E-state index in [9.17, 15) is 8.78 Å². The SMILES string of the molecule is Cc1ncccc1Nc1cc(C(F)F)ccc1C#N. The van der Waals surface area contributed by atoms with Gasteiger partial charge < -0.3 is 5.32 Å². The average Bonchev–Trinajstić information content (AvgIpc) is 2.41. The van der Waals surface area contributed by atoms with Gasteiger partial charge in [0.1, 0.15) is 6.07 Å². The molecule has 0 amide bonds. The molecular formula is C14H11F2N3. The molecule has 2 aromatic rings. The quantitative estimate of drug-likeness (QED) is 0.908. The first kappa shape index (κ1) is 13.0. The number of aromatic nitrogens is 1. The third-order valence-electron chi connectivity index (χ3n) is 2.69. The van der Waals surface area contributed by atoms with E-state index in [0.717, 1.165) is 5.69 Å². The molecule has 0 aliphatic heterocycles. The van der Waals surface area contributed by atoms with Gasteiger partial charge in [0.05, 0.1) is 22.6 Å². The van der Waals surface area contributed by atoms with Gasteiger partial charge in [0.25, 0.3) is 6.43 Å². The van der Waals surface area contributed by atoms with Crippen molar-refractivity contribution in [3.8, 4) is 6.07 Å². The second-order valence-electron chi connectivity index (χ2n) is 3.98. The molecule has 3 nitrogen and oxygen atoms in total. The molecule has 1 N–H and O–H groups in total. The fraction of sp³-hybridized carbons (Fsp3) is 0.143. The first-order chi connectivity index (χ1) is 9.11. The highest BCUT2D eigenvalue weighted by Crippen LogP contribution is 2.27. The Morgan fingerprint density at radius 2 is 2.05 bits per heavy atom. The van der Waals surface area contributed by atoms with E-state index in [0.29, 0.717) is 16.9 Å². The lowest BCUT2D eigenvalue weighted by Crippen LogP contribution is -1.98. The summed E-state index contributed by atoms with van der Waals surface area (Å²) in [5.41, 5.74) is 1.96. The number of nitrogens with one attached hydrogen (secondary N) is 1. The number of pyridine rings is 1. The normalized spacial score (nSPS) is 10.3. The van der Waals surface area contributed by atoms with Crippen molar-refractivity contribution in [2.75, 3.05) is 5.32 Å². The predicted octanol–water partition coefficient (Wildman–Crippen LogP) is 3.94. The van der Waals surface area contributed by atoms with Crippen LogP contribution in [0.1, 0.15) is 23.2 Å². The molecule has 0 aliphatic rings. The molecule has 19 heavy (non-hydrogen) atoms. The molecule has 0 saturated carbocycles. The minimum absolute atomic E-state index is 0.122. The van der Waals surface area contributed by atoms with Crippen LogP contribution in [-0.2, 0) is 0 Å². The van der Waals surface area contributed by atoms with Crippen LogP contribution in [-0.4, -0.2) is 4.98 Å². The molecule has 1 heterocycles. The molecule has 1 aromatic heterocycles. The van der Waals surface area contributed by atoms with Gasteiger partial charge in [0.15, 0.2) is 0 Å². The minimum atomic E-state index is -2.57. The van der Waals surface area contributed by atoms with Crippen LogP contribution in [0, 0.1) is 18.3 Å².